The number of pyridine rings is 1. The van der Waals surface area contributed by atoms with Crippen LogP contribution < -0.4 is 4.65 Å². The Morgan fingerprint density at radius 1 is 1.35 bits per heavy atom. The van der Waals surface area contributed by atoms with Crippen molar-refractivity contribution in [1.29, 1.82) is 0 Å². The van der Waals surface area contributed by atoms with Crippen LogP contribution in [0.2, 0.25) is 0 Å². The molecule has 20 heavy (non-hydrogen) atoms. The van der Waals surface area contributed by atoms with Crippen molar-refractivity contribution in [2.24, 2.45) is 0 Å². The van der Waals surface area contributed by atoms with Gasteiger partial charge in [-0.3, -0.25) is 4.98 Å². The Hall–Kier alpha value is -1.98. The molecular formula is C15H17N3O2. The molecule has 1 aliphatic rings. The van der Waals surface area contributed by atoms with Gasteiger partial charge in [-0.1, -0.05) is 13.3 Å². The topological polar surface area (TPSA) is 62.0 Å². The standard InChI is InChI=1S/C15H17N3O2/c1-2-3-10-18(20)11-9-17(19)14-7-6-13-12(15(14)18)5-4-8-16-13/h4-9H,2-3,10-11H2,1H3. The van der Waals surface area contributed by atoms with Gasteiger partial charge in [0.1, 0.15) is 0 Å². The fourth-order valence-electron chi connectivity index (χ4n) is 2.74. The van der Waals surface area contributed by atoms with Gasteiger partial charge in [0, 0.05) is 12.3 Å². The summed E-state index contributed by atoms with van der Waals surface area (Å²) in [6, 6.07) is 7.17. The van der Waals surface area contributed by atoms with E-state index in [1.54, 1.807) is 24.4 Å². The predicted molar refractivity (Wildman–Crippen MR) is 80.9 cm³/mol. The minimum absolute atomic E-state index is 0.185. The highest BCUT2D eigenvalue weighted by Gasteiger charge is 2.34. The number of quaternary nitrogens is 1. The van der Waals surface area contributed by atoms with Crippen LogP contribution >= 0.6 is 0 Å². The molecule has 3 rings (SSSR count). The largest absolute Gasteiger partial charge is 0.627 e. The predicted octanol–water partition coefficient (Wildman–Crippen LogP) is 3.07. The van der Waals surface area contributed by atoms with E-state index in [0.717, 1.165) is 28.5 Å². The molecule has 0 fully saturated rings. The second-order valence-electron chi connectivity index (χ2n) is 5.16. The SMILES string of the molecule is CCCC[N+]1([O-])CC=[N+]([O-])c2ccc3ncccc3c21. The van der Waals surface area contributed by atoms with Gasteiger partial charge >= 0.3 is 0 Å². The van der Waals surface area contributed by atoms with Gasteiger partial charge in [-0.05, 0) is 24.6 Å². The molecule has 0 aliphatic carbocycles. The first-order valence-electron chi connectivity index (χ1n) is 6.92. The molecule has 104 valence electrons. The Morgan fingerprint density at radius 2 is 2.20 bits per heavy atom. The second-order valence-corrected chi connectivity index (χ2v) is 5.16. The average molecular weight is 271 g/mol. The van der Waals surface area contributed by atoms with Crippen LogP contribution in [-0.4, -0.2) is 29.0 Å². The molecule has 1 unspecified atom stereocenters. The molecule has 2 heterocycles. The minimum Gasteiger partial charge on any atom is -0.627 e. The number of nitrogens with zero attached hydrogens (tertiary/aromatic N) is 3. The third kappa shape index (κ3) is 1.95. The lowest BCUT2D eigenvalue weighted by Crippen LogP contribution is -2.48. The molecule has 2 aromatic rings. The summed E-state index contributed by atoms with van der Waals surface area (Å²) in [5.41, 5.74) is 1.76. The summed E-state index contributed by atoms with van der Waals surface area (Å²) >= 11 is 0. The van der Waals surface area contributed by atoms with Gasteiger partial charge < -0.3 is 15.1 Å². The molecule has 0 N–H and O–H groups in total. The Balaban J connectivity index is 2.25. The van der Waals surface area contributed by atoms with Gasteiger partial charge in [-0.25, -0.2) is 0 Å². The Labute approximate surface area is 117 Å². The summed E-state index contributed by atoms with van der Waals surface area (Å²) in [4.78, 5) is 4.28. The van der Waals surface area contributed by atoms with Gasteiger partial charge in [0.2, 0.25) is 11.9 Å². The first-order chi connectivity index (χ1) is 9.65. The monoisotopic (exact) mass is 271 g/mol. The lowest BCUT2D eigenvalue weighted by Gasteiger charge is -2.42. The molecule has 0 bridgehead atoms. The number of aromatic nitrogens is 1. The maximum absolute atomic E-state index is 13.2. The van der Waals surface area contributed by atoms with Crippen LogP contribution in [0.4, 0.5) is 11.4 Å². The van der Waals surface area contributed by atoms with E-state index in [1.165, 1.54) is 6.21 Å². The highest BCUT2D eigenvalue weighted by atomic mass is 16.5. The maximum Gasteiger partial charge on any atom is 0.278 e. The summed E-state index contributed by atoms with van der Waals surface area (Å²) in [7, 11) is 0. The van der Waals surface area contributed by atoms with Crippen molar-refractivity contribution in [2.45, 2.75) is 19.8 Å². The summed E-state index contributed by atoms with van der Waals surface area (Å²) in [6.07, 6.45) is 4.94. The number of benzene rings is 1. The molecule has 1 aliphatic heterocycles. The minimum atomic E-state index is -0.467. The Bertz CT molecular complexity index is 684. The molecule has 0 spiro atoms. The molecular weight excluding hydrogens is 254 g/mol. The van der Waals surface area contributed by atoms with Crippen molar-refractivity contribution in [1.82, 2.24) is 9.63 Å². The lowest BCUT2D eigenvalue weighted by atomic mass is 10.1. The van der Waals surface area contributed by atoms with Crippen molar-refractivity contribution in [2.75, 3.05) is 13.1 Å². The summed E-state index contributed by atoms with van der Waals surface area (Å²) < 4.78 is 0.340. The number of hydroxylamine groups is 2. The molecule has 5 heteroatoms. The fourth-order valence-corrected chi connectivity index (χ4v) is 2.74. The summed E-state index contributed by atoms with van der Waals surface area (Å²) in [5, 5.41) is 25.9. The van der Waals surface area contributed by atoms with Gasteiger partial charge in [0.05, 0.1) is 17.4 Å². The van der Waals surface area contributed by atoms with Crippen LogP contribution in [0.5, 0.6) is 0 Å². The molecule has 1 aromatic heterocycles. The van der Waals surface area contributed by atoms with Gasteiger partial charge in [0.25, 0.3) is 5.69 Å². The third-order valence-corrected chi connectivity index (χ3v) is 3.80. The average Bonchev–Trinajstić information content (AvgIpc) is 2.49. The van der Waals surface area contributed by atoms with E-state index >= 15 is 0 Å². The van der Waals surface area contributed by atoms with Crippen LogP contribution in [0.3, 0.4) is 0 Å². The van der Waals surface area contributed by atoms with Crippen molar-refractivity contribution < 1.29 is 4.74 Å². The fraction of sp³-hybridized carbons (Fsp3) is 0.333. The first-order valence-corrected chi connectivity index (χ1v) is 6.92. The van der Waals surface area contributed by atoms with Gasteiger partial charge in [-0.15, -0.1) is 0 Å². The van der Waals surface area contributed by atoms with Crippen LogP contribution in [0, 0.1) is 10.4 Å². The van der Waals surface area contributed by atoms with Crippen molar-refractivity contribution in [3.8, 4) is 0 Å². The highest BCUT2D eigenvalue weighted by Crippen LogP contribution is 2.40. The van der Waals surface area contributed by atoms with E-state index in [1.807, 2.05) is 6.07 Å². The normalized spacial score (nSPS) is 21.6. The molecule has 0 saturated carbocycles. The van der Waals surface area contributed by atoms with Crippen LogP contribution in [-0.2, 0) is 0 Å². The van der Waals surface area contributed by atoms with Crippen molar-refractivity contribution >= 4 is 28.5 Å². The van der Waals surface area contributed by atoms with E-state index in [2.05, 4.69) is 11.9 Å². The Kier molecular flexibility index (Phi) is 3.16. The zero-order chi connectivity index (χ0) is 14.2. The smallest absolute Gasteiger partial charge is 0.278 e. The molecule has 5 nitrogen and oxygen atoms in total. The number of hydrogen-bond donors (Lipinski definition) is 0. The molecule has 1 aromatic carbocycles. The van der Waals surface area contributed by atoms with Crippen molar-refractivity contribution in [3.05, 3.63) is 40.9 Å². The number of unbranched alkanes of at least 4 members (excludes halogenated alkanes) is 1. The quantitative estimate of drug-likeness (QED) is 0.489. The zero-order valence-electron chi connectivity index (χ0n) is 11.5. The highest BCUT2D eigenvalue weighted by molar-refractivity contribution is 5.97. The van der Waals surface area contributed by atoms with Gasteiger partial charge in [0.15, 0.2) is 6.54 Å². The third-order valence-electron chi connectivity index (χ3n) is 3.80. The van der Waals surface area contributed by atoms with Crippen LogP contribution in [0.15, 0.2) is 30.5 Å². The summed E-state index contributed by atoms with van der Waals surface area (Å²) in [5.74, 6) is 0. The van der Waals surface area contributed by atoms with E-state index in [-0.39, 0.29) is 6.54 Å². The van der Waals surface area contributed by atoms with E-state index in [0.29, 0.717) is 17.9 Å². The zero-order valence-corrected chi connectivity index (χ0v) is 11.5. The number of rotatable bonds is 3. The molecule has 0 saturated heterocycles. The van der Waals surface area contributed by atoms with Crippen molar-refractivity contribution in [3.63, 3.8) is 0 Å². The molecule has 0 amide bonds. The second kappa shape index (κ2) is 4.85. The summed E-state index contributed by atoms with van der Waals surface area (Å²) in [6.45, 7) is 2.73. The number of hydrogen-bond acceptors (Lipinski definition) is 3. The van der Waals surface area contributed by atoms with Gasteiger partial charge in [-0.2, -0.15) is 4.74 Å². The van der Waals surface area contributed by atoms with E-state index < -0.39 is 4.65 Å². The van der Waals surface area contributed by atoms with Crippen LogP contribution in [0.1, 0.15) is 19.8 Å². The van der Waals surface area contributed by atoms with E-state index in [9.17, 15) is 10.4 Å². The molecule has 1 atom stereocenters. The first kappa shape index (κ1) is 13.0. The lowest BCUT2D eigenvalue weighted by molar-refractivity contribution is -0.358. The van der Waals surface area contributed by atoms with E-state index in [4.69, 9.17) is 0 Å². The maximum atomic E-state index is 13.2. The number of fused-ring (bicyclic) bond motifs is 3. The molecule has 0 radical (unpaired) electrons. The van der Waals surface area contributed by atoms with Crippen LogP contribution in [0.25, 0.3) is 10.9 Å². The Morgan fingerprint density at radius 3 is 3.00 bits per heavy atom.